The van der Waals surface area contributed by atoms with E-state index in [1.807, 2.05) is 30.3 Å². The van der Waals surface area contributed by atoms with Crippen molar-refractivity contribution in [3.8, 4) is 11.5 Å². The predicted molar refractivity (Wildman–Crippen MR) is 104 cm³/mol. The van der Waals surface area contributed by atoms with Gasteiger partial charge in [-0.05, 0) is 36.2 Å². The zero-order valence-electron chi connectivity index (χ0n) is 15.6. The van der Waals surface area contributed by atoms with Gasteiger partial charge in [0.2, 0.25) is 0 Å². The molecule has 0 aliphatic rings. The number of hydrogen-bond donors (Lipinski definition) is 0. The van der Waals surface area contributed by atoms with Crippen LogP contribution in [0.25, 0.3) is 0 Å². The molecule has 0 heterocycles. The van der Waals surface area contributed by atoms with Crippen LogP contribution in [0.5, 0.6) is 11.5 Å². The summed E-state index contributed by atoms with van der Waals surface area (Å²) in [5, 5.41) is 0. The second-order valence-corrected chi connectivity index (χ2v) is 7.78. The highest BCUT2D eigenvalue weighted by atomic mass is 32.2. The van der Waals surface area contributed by atoms with Gasteiger partial charge in [-0.25, -0.2) is 0 Å². The van der Waals surface area contributed by atoms with Crippen molar-refractivity contribution >= 4 is 16.0 Å². The SMILES string of the molecule is CCCCN(Cc1ccc(OS(C)(=O)=O)cc1)C(=O)COc1ccccc1. The summed E-state index contributed by atoms with van der Waals surface area (Å²) in [6.07, 6.45) is 2.87. The number of rotatable bonds is 10. The third-order valence-electron chi connectivity index (χ3n) is 3.78. The molecule has 0 unspecified atom stereocenters. The molecule has 0 aliphatic heterocycles. The molecule has 2 aromatic rings. The Morgan fingerprint density at radius 1 is 1.00 bits per heavy atom. The Morgan fingerprint density at radius 2 is 1.67 bits per heavy atom. The van der Waals surface area contributed by atoms with Crippen molar-refractivity contribution in [2.45, 2.75) is 26.3 Å². The van der Waals surface area contributed by atoms with E-state index >= 15 is 0 Å². The van der Waals surface area contributed by atoms with Crippen molar-refractivity contribution in [2.75, 3.05) is 19.4 Å². The van der Waals surface area contributed by atoms with Gasteiger partial charge in [0.25, 0.3) is 5.91 Å². The number of ether oxygens (including phenoxy) is 1. The standard InChI is InChI=1S/C20H25NO5S/c1-3-4-14-21(20(22)16-25-18-8-6-5-7-9-18)15-17-10-12-19(13-11-17)26-27(2,23)24/h5-13H,3-4,14-16H2,1-2H3. The topological polar surface area (TPSA) is 72.9 Å². The predicted octanol–water partition coefficient (Wildman–Crippen LogP) is 3.23. The van der Waals surface area contributed by atoms with Crippen LogP contribution in [-0.4, -0.2) is 38.6 Å². The van der Waals surface area contributed by atoms with Crippen LogP contribution in [0.1, 0.15) is 25.3 Å². The van der Waals surface area contributed by atoms with Gasteiger partial charge in [0.1, 0.15) is 11.5 Å². The summed E-state index contributed by atoms with van der Waals surface area (Å²) in [5.74, 6) is 0.812. The highest BCUT2D eigenvalue weighted by Gasteiger charge is 2.15. The molecule has 7 heteroatoms. The summed E-state index contributed by atoms with van der Waals surface area (Å²) >= 11 is 0. The fourth-order valence-corrected chi connectivity index (χ4v) is 2.90. The van der Waals surface area contributed by atoms with Crippen molar-refractivity contribution in [3.05, 3.63) is 60.2 Å². The van der Waals surface area contributed by atoms with Crippen LogP contribution in [0.3, 0.4) is 0 Å². The van der Waals surface area contributed by atoms with E-state index in [4.69, 9.17) is 8.92 Å². The van der Waals surface area contributed by atoms with Crippen LogP contribution < -0.4 is 8.92 Å². The van der Waals surface area contributed by atoms with Gasteiger partial charge < -0.3 is 13.8 Å². The lowest BCUT2D eigenvalue weighted by atomic mass is 10.2. The van der Waals surface area contributed by atoms with Gasteiger partial charge in [-0.2, -0.15) is 8.42 Å². The van der Waals surface area contributed by atoms with Crippen molar-refractivity contribution < 1.29 is 22.1 Å². The smallest absolute Gasteiger partial charge is 0.306 e. The fraction of sp³-hybridized carbons (Fsp3) is 0.350. The maximum Gasteiger partial charge on any atom is 0.306 e. The molecule has 0 saturated carbocycles. The van der Waals surface area contributed by atoms with Crippen LogP contribution in [0.4, 0.5) is 0 Å². The highest BCUT2D eigenvalue weighted by Crippen LogP contribution is 2.16. The lowest BCUT2D eigenvalue weighted by Gasteiger charge is -2.23. The molecule has 2 rings (SSSR count). The van der Waals surface area contributed by atoms with Crippen molar-refractivity contribution in [3.63, 3.8) is 0 Å². The molecular formula is C20H25NO5S. The molecule has 0 saturated heterocycles. The summed E-state index contributed by atoms with van der Waals surface area (Å²) in [6, 6.07) is 15.9. The minimum Gasteiger partial charge on any atom is -0.484 e. The Labute approximate surface area is 160 Å². The van der Waals surface area contributed by atoms with Crippen LogP contribution >= 0.6 is 0 Å². The van der Waals surface area contributed by atoms with Gasteiger partial charge in [-0.15, -0.1) is 0 Å². The number of benzene rings is 2. The van der Waals surface area contributed by atoms with Crippen LogP contribution in [0.15, 0.2) is 54.6 Å². The maximum atomic E-state index is 12.6. The minimum atomic E-state index is -3.55. The number of nitrogens with zero attached hydrogens (tertiary/aromatic N) is 1. The molecule has 0 radical (unpaired) electrons. The molecule has 1 amide bonds. The number of carbonyl (C=O) groups excluding carboxylic acids is 1. The first-order valence-electron chi connectivity index (χ1n) is 8.81. The molecule has 0 spiro atoms. The van der Waals surface area contributed by atoms with Gasteiger partial charge in [-0.1, -0.05) is 43.7 Å². The van der Waals surface area contributed by atoms with E-state index < -0.39 is 10.1 Å². The number of amides is 1. The van der Waals surface area contributed by atoms with E-state index in [-0.39, 0.29) is 18.3 Å². The fourth-order valence-electron chi connectivity index (χ4n) is 2.44. The monoisotopic (exact) mass is 391 g/mol. The van der Waals surface area contributed by atoms with Crippen molar-refractivity contribution in [1.29, 1.82) is 0 Å². The van der Waals surface area contributed by atoms with Crippen molar-refractivity contribution in [2.24, 2.45) is 0 Å². The largest absolute Gasteiger partial charge is 0.484 e. The van der Waals surface area contributed by atoms with Gasteiger partial charge >= 0.3 is 10.1 Å². The zero-order chi connectivity index (χ0) is 19.7. The normalized spacial score (nSPS) is 11.0. The van der Waals surface area contributed by atoms with E-state index in [0.717, 1.165) is 24.7 Å². The molecule has 146 valence electrons. The van der Waals surface area contributed by atoms with E-state index in [9.17, 15) is 13.2 Å². The van der Waals surface area contributed by atoms with E-state index in [2.05, 4.69) is 6.92 Å². The molecule has 0 atom stereocenters. The average Bonchev–Trinajstić information content (AvgIpc) is 2.64. The third kappa shape index (κ3) is 7.70. The highest BCUT2D eigenvalue weighted by molar-refractivity contribution is 7.86. The number of unbranched alkanes of at least 4 members (excludes halogenated alkanes) is 1. The lowest BCUT2D eigenvalue weighted by Crippen LogP contribution is -2.35. The van der Waals surface area contributed by atoms with E-state index in [1.54, 1.807) is 29.2 Å². The minimum absolute atomic E-state index is 0.0248. The third-order valence-corrected chi connectivity index (χ3v) is 4.28. The second kappa shape index (κ2) is 9.97. The number of hydrogen-bond acceptors (Lipinski definition) is 5. The van der Waals surface area contributed by atoms with Gasteiger partial charge in [0, 0.05) is 13.1 Å². The molecule has 0 aliphatic carbocycles. The van der Waals surface area contributed by atoms with Gasteiger partial charge in [0.15, 0.2) is 6.61 Å². The summed E-state index contributed by atoms with van der Waals surface area (Å²) in [5.41, 5.74) is 0.889. The quantitative estimate of drug-likeness (QED) is 0.582. The molecule has 27 heavy (non-hydrogen) atoms. The summed E-state index contributed by atoms with van der Waals surface area (Å²) in [4.78, 5) is 14.3. The maximum absolute atomic E-state index is 12.6. The first kappa shape index (κ1) is 20.8. The van der Waals surface area contributed by atoms with E-state index in [1.165, 1.54) is 0 Å². The Morgan fingerprint density at radius 3 is 2.26 bits per heavy atom. The Bertz CT molecular complexity index is 819. The van der Waals surface area contributed by atoms with E-state index in [0.29, 0.717) is 18.8 Å². The number of para-hydroxylation sites is 1. The van der Waals surface area contributed by atoms with Crippen LogP contribution in [0.2, 0.25) is 0 Å². The molecule has 2 aromatic carbocycles. The summed E-state index contributed by atoms with van der Waals surface area (Å²) < 4.78 is 32.7. The van der Waals surface area contributed by atoms with Gasteiger partial charge in [0.05, 0.1) is 6.26 Å². The number of carbonyl (C=O) groups is 1. The Hall–Kier alpha value is -2.54. The molecule has 0 aromatic heterocycles. The Balaban J connectivity index is 1.99. The first-order chi connectivity index (χ1) is 12.9. The van der Waals surface area contributed by atoms with Crippen LogP contribution in [0, 0.1) is 0 Å². The summed E-state index contributed by atoms with van der Waals surface area (Å²) in [7, 11) is -3.55. The van der Waals surface area contributed by atoms with Crippen molar-refractivity contribution in [1.82, 2.24) is 4.90 Å². The molecule has 0 N–H and O–H groups in total. The second-order valence-electron chi connectivity index (χ2n) is 6.20. The molecule has 0 bridgehead atoms. The van der Waals surface area contributed by atoms with Gasteiger partial charge in [-0.3, -0.25) is 4.79 Å². The average molecular weight is 391 g/mol. The Kier molecular flexibility index (Phi) is 7.67. The summed E-state index contributed by atoms with van der Waals surface area (Å²) in [6.45, 7) is 3.11. The molecular weight excluding hydrogens is 366 g/mol. The zero-order valence-corrected chi connectivity index (χ0v) is 16.4. The first-order valence-corrected chi connectivity index (χ1v) is 10.6. The molecule has 0 fully saturated rings. The lowest BCUT2D eigenvalue weighted by molar-refractivity contribution is -0.134. The van der Waals surface area contributed by atoms with Crippen LogP contribution in [-0.2, 0) is 21.5 Å². The molecule has 6 nitrogen and oxygen atoms in total.